The van der Waals surface area contributed by atoms with Gasteiger partial charge in [-0.25, -0.2) is 4.79 Å². The number of rotatable bonds is 3. The van der Waals surface area contributed by atoms with Crippen molar-refractivity contribution in [1.29, 1.82) is 0 Å². The van der Waals surface area contributed by atoms with Gasteiger partial charge in [-0.2, -0.15) is 0 Å². The van der Waals surface area contributed by atoms with Gasteiger partial charge in [0.15, 0.2) is 5.75 Å². The Labute approximate surface area is 102 Å². The third kappa shape index (κ3) is 3.98. The average Bonchev–Trinajstić information content (AvgIpc) is 2.18. The zero-order chi connectivity index (χ0) is 11.3. The number of carbonyl (C=O) groups excluding carboxylic acids is 1. The van der Waals surface area contributed by atoms with Gasteiger partial charge >= 0.3 is 6.16 Å². The molecule has 0 aliphatic heterocycles. The highest BCUT2D eigenvalue weighted by atomic mass is 35.5. The quantitative estimate of drug-likeness (QED) is 0.606. The highest BCUT2D eigenvalue weighted by molar-refractivity contribution is 5.85. The van der Waals surface area contributed by atoms with Crippen LogP contribution in [0.2, 0.25) is 0 Å². The maximum atomic E-state index is 11.1. The standard InChI is InChI=1S/C11H15NO3.ClH/c1-4-14-11(13)15-10-8-6-5-7-9(10)12(2)3;/h5-8H,4H2,1-3H3;1H. The second-order valence-electron chi connectivity index (χ2n) is 3.15. The van der Waals surface area contributed by atoms with Gasteiger partial charge in [0.05, 0.1) is 12.3 Å². The Kier molecular flexibility index (Phi) is 6.34. The van der Waals surface area contributed by atoms with Crippen LogP contribution < -0.4 is 9.64 Å². The summed E-state index contributed by atoms with van der Waals surface area (Å²) in [4.78, 5) is 13.0. The lowest BCUT2D eigenvalue weighted by molar-refractivity contribution is 0.104. The second-order valence-corrected chi connectivity index (χ2v) is 3.15. The van der Waals surface area contributed by atoms with Crippen LogP contribution in [0.3, 0.4) is 0 Å². The van der Waals surface area contributed by atoms with Gasteiger partial charge in [0.1, 0.15) is 0 Å². The summed E-state index contributed by atoms with van der Waals surface area (Å²) < 4.78 is 9.75. The van der Waals surface area contributed by atoms with E-state index >= 15 is 0 Å². The van der Waals surface area contributed by atoms with E-state index < -0.39 is 6.16 Å². The number of halogens is 1. The van der Waals surface area contributed by atoms with Gasteiger partial charge in [-0.05, 0) is 19.1 Å². The number of benzene rings is 1. The van der Waals surface area contributed by atoms with Gasteiger partial charge < -0.3 is 14.4 Å². The van der Waals surface area contributed by atoms with E-state index in [4.69, 9.17) is 9.47 Å². The maximum Gasteiger partial charge on any atom is 0.513 e. The van der Waals surface area contributed by atoms with Crippen molar-refractivity contribution in [3.63, 3.8) is 0 Å². The molecule has 16 heavy (non-hydrogen) atoms. The molecule has 0 fully saturated rings. The molecule has 1 aromatic carbocycles. The molecule has 1 aromatic rings. The Morgan fingerprint density at radius 2 is 1.94 bits per heavy atom. The Morgan fingerprint density at radius 1 is 1.31 bits per heavy atom. The molecule has 0 bridgehead atoms. The van der Waals surface area contributed by atoms with Gasteiger partial charge in [0.2, 0.25) is 0 Å². The second kappa shape index (κ2) is 6.95. The number of carbonyl (C=O) groups is 1. The van der Waals surface area contributed by atoms with Gasteiger partial charge in [-0.3, -0.25) is 0 Å². The summed E-state index contributed by atoms with van der Waals surface area (Å²) in [5.41, 5.74) is 0.838. The minimum Gasteiger partial charge on any atom is -0.434 e. The minimum atomic E-state index is -0.674. The van der Waals surface area contributed by atoms with Crippen molar-refractivity contribution < 1.29 is 14.3 Å². The lowest BCUT2D eigenvalue weighted by Gasteiger charge is -2.16. The topological polar surface area (TPSA) is 38.8 Å². The van der Waals surface area contributed by atoms with Crippen LogP contribution in [0.4, 0.5) is 10.5 Å². The van der Waals surface area contributed by atoms with E-state index in [0.29, 0.717) is 12.4 Å². The summed E-state index contributed by atoms with van der Waals surface area (Å²) in [6, 6.07) is 7.29. The molecule has 1 rings (SSSR count). The van der Waals surface area contributed by atoms with Crippen molar-refractivity contribution in [3.8, 4) is 5.75 Å². The molecule has 0 aliphatic rings. The number of hydrogen-bond donors (Lipinski definition) is 0. The van der Waals surface area contributed by atoms with Crippen molar-refractivity contribution >= 4 is 24.2 Å². The molecule has 0 saturated carbocycles. The number of anilines is 1. The fourth-order valence-electron chi connectivity index (χ4n) is 1.15. The van der Waals surface area contributed by atoms with E-state index in [9.17, 15) is 4.79 Å². The van der Waals surface area contributed by atoms with Crippen LogP contribution in [0.1, 0.15) is 6.92 Å². The minimum absolute atomic E-state index is 0. The molecule has 4 nitrogen and oxygen atoms in total. The first-order valence-electron chi connectivity index (χ1n) is 4.76. The number of para-hydroxylation sites is 2. The molecule has 0 aliphatic carbocycles. The van der Waals surface area contributed by atoms with Crippen LogP contribution in [0.5, 0.6) is 5.75 Å². The zero-order valence-electron chi connectivity index (χ0n) is 9.60. The lowest BCUT2D eigenvalue weighted by atomic mass is 10.3. The summed E-state index contributed by atoms with van der Waals surface area (Å²) in [6.07, 6.45) is -0.674. The molecule has 0 amide bonds. The van der Waals surface area contributed by atoms with Gasteiger partial charge in [-0.1, -0.05) is 12.1 Å². The summed E-state index contributed by atoms with van der Waals surface area (Å²) in [5.74, 6) is 0.501. The van der Waals surface area contributed by atoms with Gasteiger partial charge in [0, 0.05) is 14.1 Å². The molecule has 0 radical (unpaired) electrons. The predicted molar refractivity (Wildman–Crippen MR) is 65.7 cm³/mol. The Hall–Kier alpha value is -1.42. The van der Waals surface area contributed by atoms with Crippen molar-refractivity contribution in [1.82, 2.24) is 0 Å². The first-order chi connectivity index (χ1) is 7.15. The molecular weight excluding hydrogens is 230 g/mol. The van der Waals surface area contributed by atoms with E-state index in [2.05, 4.69) is 0 Å². The summed E-state index contributed by atoms with van der Waals surface area (Å²) in [7, 11) is 3.76. The highest BCUT2D eigenvalue weighted by Crippen LogP contribution is 2.26. The first-order valence-corrected chi connectivity index (χ1v) is 4.76. The fraction of sp³-hybridized carbons (Fsp3) is 0.364. The normalized spacial score (nSPS) is 8.94. The molecule has 0 atom stereocenters. The van der Waals surface area contributed by atoms with E-state index in [1.165, 1.54) is 0 Å². The summed E-state index contributed by atoms with van der Waals surface area (Å²) in [5, 5.41) is 0. The van der Waals surface area contributed by atoms with E-state index in [0.717, 1.165) is 5.69 Å². The summed E-state index contributed by atoms with van der Waals surface area (Å²) in [6.45, 7) is 2.04. The maximum absolute atomic E-state index is 11.1. The number of nitrogens with zero attached hydrogens (tertiary/aromatic N) is 1. The SMILES string of the molecule is CCOC(=O)Oc1ccccc1N(C)C.Cl. The van der Waals surface area contributed by atoms with Gasteiger partial charge in [0.25, 0.3) is 0 Å². The molecule has 0 spiro atoms. The lowest BCUT2D eigenvalue weighted by Crippen LogP contribution is -2.14. The Morgan fingerprint density at radius 3 is 2.50 bits per heavy atom. The molecule has 0 aromatic heterocycles. The Balaban J connectivity index is 0.00000225. The molecule has 0 unspecified atom stereocenters. The smallest absolute Gasteiger partial charge is 0.434 e. The molecule has 0 N–H and O–H groups in total. The predicted octanol–water partition coefficient (Wildman–Crippen LogP) is 2.71. The largest absolute Gasteiger partial charge is 0.513 e. The van der Waals surface area contributed by atoms with E-state index in [1.54, 1.807) is 13.0 Å². The average molecular weight is 246 g/mol. The monoisotopic (exact) mass is 245 g/mol. The van der Waals surface area contributed by atoms with Crippen molar-refractivity contribution in [2.75, 3.05) is 25.6 Å². The molecule has 0 heterocycles. The molecule has 90 valence electrons. The van der Waals surface area contributed by atoms with E-state index in [1.807, 2.05) is 37.2 Å². The van der Waals surface area contributed by atoms with Crippen molar-refractivity contribution in [2.24, 2.45) is 0 Å². The fourth-order valence-corrected chi connectivity index (χ4v) is 1.15. The van der Waals surface area contributed by atoms with Crippen molar-refractivity contribution in [2.45, 2.75) is 6.92 Å². The highest BCUT2D eigenvalue weighted by Gasteiger charge is 2.10. The molecule has 0 saturated heterocycles. The summed E-state index contributed by atoms with van der Waals surface area (Å²) >= 11 is 0. The van der Waals surface area contributed by atoms with Gasteiger partial charge in [-0.15, -0.1) is 12.4 Å². The molecular formula is C11H16ClNO3. The third-order valence-corrected chi connectivity index (χ3v) is 1.80. The Bertz CT molecular complexity index is 342. The number of ether oxygens (including phenoxy) is 2. The number of hydrogen-bond acceptors (Lipinski definition) is 4. The van der Waals surface area contributed by atoms with Crippen LogP contribution in [-0.4, -0.2) is 26.9 Å². The zero-order valence-corrected chi connectivity index (χ0v) is 10.4. The first kappa shape index (κ1) is 14.6. The van der Waals surface area contributed by atoms with Crippen LogP contribution in [0, 0.1) is 0 Å². The van der Waals surface area contributed by atoms with Crippen molar-refractivity contribution in [3.05, 3.63) is 24.3 Å². The van der Waals surface area contributed by atoms with Crippen LogP contribution in [-0.2, 0) is 4.74 Å². The third-order valence-electron chi connectivity index (χ3n) is 1.80. The molecule has 5 heteroatoms. The van der Waals surface area contributed by atoms with E-state index in [-0.39, 0.29) is 12.4 Å². The van der Waals surface area contributed by atoms with Crippen LogP contribution in [0.15, 0.2) is 24.3 Å². The van der Waals surface area contributed by atoms with Crippen LogP contribution >= 0.6 is 12.4 Å². The van der Waals surface area contributed by atoms with Crippen LogP contribution in [0.25, 0.3) is 0 Å².